The zero-order chi connectivity index (χ0) is 21.1. The standard InChI is InChI=1S/C21H24N4O5/c1-28-19-8-7-14(11-20(19)29-2)30-18-9-10-24(12-17(18)26)21(27)13-25-22-15-5-3-4-6-16(15)23-25/h3-8,11,17-18,26H,9-10,12-13H2,1-2H3/t17-,18-/m1/s1. The molecule has 2 atom stereocenters. The number of methoxy groups -OCH3 is 2. The lowest BCUT2D eigenvalue weighted by Crippen LogP contribution is -2.51. The molecule has 1 fully saturated rings. The molecule has 2 aromatic carbocycles. The van der Waals surface area contributed by atoms with Crippen molar-refractivity contribution in [3.63, 3.8) is 0 Å². The minimum atomic E-state index is -0.805. The fourth-order valence-electron chi connectivity index (χ4n) is 3.53. The van der Waals surface area contributed by atoms with Crippen LogP contribution in [0.4, 0.5) is 0 Å². The summed E-state index contributed by atoms with van der Waals surface area (Å²) in [6.07, 6.45) is -0.714. The third-order valence-electron chi connectivity index (χ3n) is 5.12. The van der Waals surface area contributed by atoms with Crippen LogP contribution in [0.25, 0.3) is 11.0 Å². The van der Waals surface area contributed by atoms with Crippen molar-refractivity contribution in [3.8, 4) is 17.2 Å². The van der Waals surface area contributed by atoms with Crippen LogP contribution >= 0.6 is 0 Å². The molecule has 0 saturated carbocycles. The minimum Gasteiger partial charge on any atom is -0.493 e. The van der Waals surface area contributed by atoms with Gasteiger partial charge in [-0.1, -0.05) is 12.1 Å². The van der Waals surface area contributed by atoms with Crippen LogP contribution in [0.2, 0.25) is 0 Å². The maximum Gasteiger partial charge on any atom is 0.246 e. The molecular weight excluding hydrogens is 388 g/mol. The zero-order valence-corrected chi connectivity index (χ0v) is 16.9. The topological polar surface area (TPSA) is 98.9 Å². The van der Waals surface area contributed by atoms with Gasteiger partial charge in [0.25, 0.3) is 0 Å². The first-order valence-electron chi connectivity index (χ1n) is 9.72. The van der Waals surface area contributed by atoms with Crippen molar-refractivity contribution in [2.75, 3.05) is 27.3 Å². The second kappa shape index (κ2) is 8.58. The molecule has 158 valence electrons. The molecule has 1 aromatic heterocycles. The lowest BCUT2D eigenvalue weighted by atomic mass is 10.0. The van der Waals surface area contributed by atoms with Crippen molar-refractivity contribution in [1.29, 1.82) is 0 Å². The number of hydrogen-bond donors (Lipinski definition) is 1. The van der Waals surface area contributed by atoms with Crippen LogP contribution in [0.1, 0.15) is 6.42 Å². The molecule has 30 heavy (non-hydrogen) atoms. The summed E-state index contributed by atoms with van der Waals surface area (Å²) >= 11 is 0. The van der Waals surface area contributed by atoms with E-state index in [2.05, 4.69) is 10.2 Å². The predicted octanol–water partition coefficient (Wildman–Crippen LogP) is 1.49. The van der Waals surface area contributed by atoms with Gasteiger partial charge in [-0.05, 0) is 24.3 Å². The monoisotopic (exact) mass is 412 g/mol. The highest BCUT2D eigenvalue weighted by Gasteiger charge is 2.32. The highest BCUT2D eigenvalue weighted by molar-refractivity contribution is 5.77. The number of hydrogen-bond acceptors (Lipinski definition) is 7. The van der Waals surface area contributed by atoms with Crippen LogP contribution in [0.15, 0.2) is 42.5 Å². The van der Waals surface area contributed by atoms with E-state index in [1.807, 2.05) is 24.3 Å². The van der Waals surface area contributed by atoms with Gasteiger partial charge in [0, 0.05) is 19.0 Å². The van der Waals surface area contributed by atoms with E-state index in [0.717, 1.165) is 11.0 Å². The molecule has 1 amide bonds. The summed E-state index contributed by atoms with van der Waals surface area (Å²) in [6, 6.07) is 12.7. The molecule has 9 heteroatoms. The highest BCUT2D eigenvalue weighted by atomic mass is 16.5. The average Bonchev–Trinajstić information content (AvgIpc) is 3.17. The predicted molar refractivity (Wildman–Crippen MR) is 109 cm³/mol. The van der Waals surface area contributed by atoms with Crippen LogP contribution in [0.5, 0.6) is 17.2 Å². The number of aliphatic hydroxyl groups is 1. The highest BCUT2D eigenvalue weighted by Crippen LogP contribution is 2.32. The Hall–Kier alpha value is -3.33. The fourth-order valence-corrected chi connectivity index (χ4v) is 3.53. The number of fused-ring (bicyclic) bond motifs is 1. The average molecular weight is 412 g/mol. The van der Waals surface area contributed by atoms with E-state index >= 15 is 0 Å². The van der Waals surface area contributed by atoms with Crippen molar-refractivity contribution in [1.82, 2.24) is 19.9 Å². The molecule has 0 spiro atoms. The van der Waals surface area contributed by atoms with E-state index in [1.165, 1.54) is 4.80 Å². The van der Waals surface area contributed by atoms with Crippen LogP contribution in [0, 0.1) is 0 Å². The Morgan fingerprint density at radius 3 is 2.43 bits per heavy atom. The lowest BCUT2D eigenvalue weighted by Gasteiger charge is -2.35. The first kappa shape index (κ1) is 20.0. The van der Waals surface area contributed by atoms with E-state index in [1.54, 1.807) is 37.3 Å². The fraction of sp³-hybridized carbons (Fsp3) is 0.381. The molecule has 2 heterocycles. The number of piperidine rings is 1. The van der Waals surface area contributed by atoms with Gasteiger partial charge in [-0.25, -0.2) is 0 Å². The molecule has 9 nitrogen and oxygen atoms in total. The summed E-state index contributed by atoms with van der Waals surface area (Å²) in [7, 11) is 3.12. The minimum absolute atomic E-state index is 0.0304. The Bertz CT molecular complexity index is 1000. The Morgan fingerprint density at radius 2 is 1.80 bits per heavy atom. The molecule has 1 saturated heterocycles. The molecule has 1 aliphatic heterocycles. The van der Waals surface area contributed by atoms with E-state index in [-0.39, 0.29) is 19.0 Å². The second-order valence-electron chi connectivity index (χ2n) is 7.09. The first-order chi connectivity index (χ1) is 14.6. The summed E-state index contributed by atoms with van der Waals surface area (Å²) in [6.45, 7) is 0.703. The largest absolute Gasteiger partial charge is 0.493 e. The lowest BCUT2D eigenvalue weighted by molar-refractivity contribution is -0.138. The van der Waals surface area contributed by atoms with Gasteiger partial charge in [-0.15, -0.1) is 0 Å². The number of aromatic nitrogens is 3. The molecule has 1 aliphatic rings. The molecule has 0 radical (unpaired) electrons. The first-order valence-corrected chi connectivity index (χ1v) is 9.72. The van der Waals surface area contributed by atoms with Crippen molar-refractivity contribution in [2.45, 2.75) is 25.2 Å². The number of ether oxygens (including phenoxy) is 3. The molecule has 0 bridgehead atoms. The number of rotatable bonds is 6. The number of β-amino-alcohol motifs (C(OH)–C–C–N with tert-alkyl or cyclic N) is 1. The summed E-state index contributed by atoms with van der Waals surface area (Å²) < 4.78 is 16.5. The van der Waals surface area contributed by atoms with Gasteiger partial charge in [0.15, 0.2) is 11.5 Å². The zero-order valence-electron chi connectivity index (χ0n) is 16.9. The number of likely N-dealkylation sites (tertiary alicyclic amines) is 1. The molecule has 4 rings (SSSR count). The smallest absolute Gasteiger partial charge is 0.246 e. The number of carbonyl (C=O) groups excluding carboxylic acids is 1. The van der Waals surface area contributed by atoms with E-state index < -0.39 is 12.2 Å². The van der Waals surface area contributed by atoms with E-state index in [4.69, 9.17) is 14.2 Å². The van der Waals surface area contributed by atoms with Crippen molar-refractivity contribution in [2.24, 2.45) is 0 Å². The van der Waals surface area contributed by atoms with Crippen molar-refractivity contribution >= 4 is 16.9 Å². The van der Waals surface area contributed by atoms with Gasteiger partial charge in [0.2, 0.25) is 5.91 Å². The van der Waals surface area contributed by atoms with Crippen LogP contribution in [-0.4, -0.2) is 70.4 Å². The normalized spacial score (nSPS) is 19.0. The van der Waals surface area contributed by atoms with Crippen LogP contribution < -0.4 is 14.2 Å². The van der Waals surface area contributed by atoms with E-state index in [9.17, 15) is 9.90 Å². The van der Waals surface area contributed by atoms with Gasteiger partial charge >= 0.3 is 0 Å². The van der Waals surface area contributed by atoms with Gasteiger partial charge < -0.3 is 24.2 Å². The Balaban J connectivity index is 1.36. The molecule has 0 aliphatic carbocycles. The summed E-state index contributed by atoms with van der Waals surface area (Å²) in [5, 5.41) is 19.2. The third-order valence-corrected chi connectivity index (χ3v) is 5.12. The number of amides is 1. The Kier molecular flexibility index (Phi) is 5.71. The van der Waals surface area contributed by atoms with Crippen LogP contribution in [0.3, 0.4) is 0 Å². The second-order valence-corrected chi connectivity index (χ2v) is 7.09. The van der Waals surface area contributed by atoms with Gasteiger partial charge in [0.05, 0.1) is 20.8 Å². The number of nitrogens with zero attached hydrogens (tertiary/aromatic N) is 4. The number of aliphatic hydroxyl groups excluding tert-OH is 1. The Labute approximate surface area is 173 Å². The maximum absolute atomic E-state index is 12.7. The maximum atomic E-state index is 12.7. The molecule has 1 N–H and O–H groups in total. The van der Waals surface area contributed by atoms with E-state index in [0.29, 0.717) is 30.2 Å². The van der Waals surface area contributed by atoms with Crippen LogP contribution in [-0.2, 0) is 11.3 Å². The summed E-state index contributed by atoms with van der Waals surface area (Å²) in [5.74, 6) is 1.59. The quantitative estimate of drug-likeness (QED) is 0.655. The molecule has 0 unspecified atom stereocenters. The van der Waals surface area contributed by atoms with Crippen molar-refractivity contribution < 1.29 is 24.1 Å². The third kappa shape index (κ3) is 4.16. The Morgan fingerprint density at radius 1 is 1.10 bits per heavy atom. The number of benzene rings is 2. The summed E-state index contributed by atoms with van der Waals surface area (Å²) in [5.41, 5.74) is 1.49. The van der Waals surface area contributed by atoms with Gasteiger partial charge in [-0.2, -0.15) is 15.0 Å². The van der Waals surface area contributed by atoms with Gasteiger partial charge in [-0.3, -0.25) is 4.79 Å². The van der Waals surface area contributed by atoms with Crippen molar-refractivity contribution in [3.05, 3.63) is 42.5 Å². The molecular formula is C21H24N4O5. The molecule has 3 aromatic rings. The SMILES string of the molecule is COc1ccc(O[C@@H]2CCN(C(=O)Cn3nc4ccccc4n3)C[C@H]2O)cc1OC. The summed E-state index contributed by atoms with van der Waals surface area (Å²) in [4.78, 5) is 15.7. The number of carbonyl (C=O) groups is 1. The van der Waals surface area contributed by atoms with Gasteiger partial charge in [0.1, 0.15) is 35.5 Å².